The SMILES string of the molecule is Cc1nc(C2CCN(C(=O)c3cc4c(cc3C)OCCO4)CC2)n[nH]1. The summed E-state index contributed by atoms with van der Waals surface area (Å²) in [6.45, 7) is 6.34. The lowest BCUT2D eigenvalue weighted by molar-refractivity contribution is 0.0709. The van der Waals surface area contributed by atoms with Crippen molar-refractivity contribution in [2.75, 3.05) is 26.3 Å². The molecule has 1 aromatic carbocycles. The van der Waals surface area contributed by atoms with E-state index in [0.29, 0.717) is 43.5 Å². The van der Waals surface area contributed by atoms with E-state index < -0.39 is 0 Å². The van der Waals surface area contributed by atoms with Gasteiger partial charge in [-0.1, -0.05) is 0 Å². The molecule has 7 heteroatoms. The molecule has 1 amide bonds. The van der Waals surface area contributed by atoms with Crippen LogP contribution in [0.5, 0.6) is 11.5 Å². The second-order valence-electron chi connectivity index (χ2n) is 6.66. The van der Waals surface area contributed by atoms with Gasteiger partial charge in [-0.3, -0.25) is 9.89 Å². The molecule has 0 bridgehead atoms. The highest BCUT2D eigenvalue weighted by molar-refractivity contribution is 5.96. The average molecular weight is 342 g/mol. The number of hydrogen-bond acceptors (Lipinski definition) is 5. The monoisotopic (exact) mass is 342 g/mol. The molecular weight excluding hydrogens is 320 g/mol. The van der Waals surface area contributed by atoms with Crippen molar-refractivity contribution in [1.82, 2.24) is 20.1 Å². The standard InChI is InChI=1S/C18H22N4O3/c1-11-9-15-16(25-8-7-24-15)10-14(11)18(23)22-5-3-13(4-6-22)17-19-12(2)20-21-17/h9-10,13H,3-8H2,1-2H3,(H,19,20,21). The third-order valence-electron chi connectivity index (χ3n) is 4.88. The van der Waals surface area contributed by atoms with Crippen LogP contribution in [0.2, 0.25) is 0 Å². The first-order valence-electron chi connectivity index (χ1n) is 8.70. The normalized spacial score (nSPS) is 17.6. The summed E-state index contributed by atoms with van der Waals surface area (Å²) in [6.07, 6.45) is 1.76. The van der Waals surface area contributed by atoms with Crippen molar-refractivity contribution in [2.24, 2.45) is 0 Å². The molecule has 4 rings (SSSR count). The molecule has 0 spiro atoms. The number of nitrogens with one attached hydrogen (secondary N) is 1. The number of benzene rings is 1. The van der Waals surface area contributed by atoms with E-state index in [2.05, 4.69) is 15.2 Å². The predicted molar refractivity (Wildman–Crippen MR) is 91.2 cm³/mol. The summed E-state index contributed by atoms with van der Waals surface area (Å²) >= 11 is 0. The Morgan fingerprint density at radius 1 is 1.16 bits per heavy atom. The second-order valence-corrected chi connectivity index (χ2v) is 6.66. The maximum atomic E-state index is 12.9. The molecule has 0 unspecified atom stereocenters. The summed E-state index contributed by atoms with van der Waals surface area (Å²) < 4.78 is 11.2. The van der Waals surface area contributed by atoms with E-state index >= 15 is 0 Å². The van der Waals surface area contributed by atoms with Gasteiger partial charge in [-0.25, -0.2) is 4.98 Å². The second kappa shape index (κ2) is 6.38. The predicted octanol–water partition coefficient (Wildman–Crippen LogP) is 2.21. The fraction of sp³-hybridized carbons (Fsp3) is 0.500. The summed E-state index contributed by atoms with van der Waals surface area (Å²) in [5, 5.41) is 7.15. The zero-order valence-corrected chi connectivity index (χ0v) is 14.5. The minimum Gasteiger partial charge on any atom is -0.486 e. The maximum absolute atomic E-state index is 12.9. The van der Waals surface area contributed by atoms with E-state index in [-0.39, 0.29) is 5.91 Å². The van der Waals surface area contributed by atoms with Gasteiger partial charge in [-0.15, -0.1) is 0 Å². The molecule has 2 aliphatic rings. The van der Waals surface area contributed by atoms with Gasteiger partial charge < -0.3 is 14.4 Å². The van der Waals surface area contributed by atoms with E-state index in [1.165, 1.54) is 0 Å². The Morgan fingerprint density at radius 3 is 2.48 bits per heavy atom. The summed E-state index contributed by atoms with van der Waals surface area (Å²) in [5.74, 6) is 3.44. The van der Waals surface area contributed by atoms with Crippen LogP contribution in [0.25, 0.3) is 0 Å². The highest BCUT2D eigenvalue weighted by atomic mass is 16.6. The van der Waals surface area contributed by atoms with Gasteiger partial charge in [0.05, 0.1) is 0 Å². The summed E-state index contributed by atoms with van der Waals surface area (Å²) in [5.41, 5.74) is 1.61. The van der Waals surface area contributed by atoms with E-state index in [1.54, 1.807) is 0 Å². The molecule has 0 radical (unpaired) electrons. The van der Waals surface area contributed by atoms with E-state index in [9.17, 15) is 4.79 Å². The quantitative estimate of drug-likeness (QED) is 0.905. The first-order valence-corrected chi connectivity index (χ1v) is 8.70. The maximum Gasteiger partial charge on any atom is 0.254 e. The number of amides is 1. The Labute approximate surface area is 146 Å². The Hall–Kier alpha value is -2.57. The number of H-pyrrole nitrogens is 1. The van der Waals surface area contributed by atoms with Crippen LogP contribution in [0.4, 0.5) is 0 Å². The van der Waals surface area contributed by atoms with E-state index in [0.717, 1.165) is 35.8 Å². The van der Waals surface area contributed by atoms with Gasteiger partial charge in [0.2, 0.25) is 0 Å². The average Bonchev–Trinajstić information content (AvgIpc) is 3.07. The molecule has 3 heterocycles. The number of hydrogen-bond donors (Lipinski definition) is 1. The van der Waals surface area contributed by atoms with Crippen molar-refractivity contribution in [3.8, 4) is 11.5 Å². The zero-order valence-electron chi connectivity index (χ0n) is 14.5. The van der Waals surface area contributed by atoms with Crippen LogP contribution < -0.4 is 9.47 Å². The summed E-state index contributed by atoms with van der Waals surface area (Å²) in [6, 6.07) is 3.71. The highest BCUT2D eigenvalue weighted by Crippen LogP contribution is 2.34. The topological polar surface area (TPSA) is 80.3 Å². The van der Waals surface area contributed by atoms with Gasteiger partial charge in [0, 0.05) is 24.6 Å². The molecule has 132 valence electrons. The van der Waals surface area contributed by atoms with Gasteiger partial charge >= 0.3 is 0 Å². The number of rotatable bonds is 2. The van der Waals surface area contributed by atoms with Crippen molar-refractivity contribution in [3.05, 3.63) is 34.9 Å². The lowest BCUT2D eigenvalue weighted by atomic mass is 9.95. The molecule has 0 saturated carbocycles. The zero-order chi connectivity index (χ0) is 17.4. The van der Waals surface area contributed by atoms with Crippen molar-refractivity contribution in [3.63, 3.8) is 0 Å². The van der Waals surface area contributed by atoms with Crippen LogP contribution in [-0.2, 0) is 0 Å². The Balaban J connectivity index is 1.47. The number of aromatic amines is 1. The first-order chi connectivity index (χ1) is 12.1. The Morgan fingerprint density at radius 2 is 1.84 bits per heavy atom. The molecule has 0 aliphatic carbocycles. The smallest absolute Gasteiger partial charge is 0.254 e. The van der Waals surface area contributed by atoms with Crippen LogP contribution in [0.1, 0.15) is 46.3 Å². The number of carbonyl (C=O) groups excluding carboxylic acids is 1. The van der Waals surface area contributed by atoms with Gasteiger partial charge in [0.25, 0.3) is 5.91 Å². The summed E-state index contributed by atoms with van der Waals surface area (Å²) in [4.78, 5) is 19.3. The Kier molecular flexibility index (Phi) is 4.07. The van der Waals surface area contributed by atoms with Crippen LogP contribution in [0, 0.1) is 13.8 Å². The van der Waals surface area contributed by atoms with E-state index in [4.69, 9.17) is 9.47 Å². The number of aryl methyl sites for hydroxylation is 2. The van der Waals surface area contributed by atoms with Crippen molar-refractivity contribution in [1.29, 1.82) is 0 Å². The minimum atomic E-state index is 0.0547. The molecule has 25 heavy (non-hydrogen) atoms. The highest BCUT2D eigenvalue weighted by Gasteiger charge is 2.28. The minimum absolute atomic E-state index is 0.0547. The number of fused-ring (bicyclic) bond motifs is 1. The molecule has 1 saturated heterocycles. The van der Waals surface area contributed by atoms with Gasteiger partial charge in [0.15, 0.2) is 17.3 Å². The van der Waals surface area contributed by atoms with Gasteiger partial charge in [0.1, 0.15) is 19.0 Å². The van der Waals surface area contributed by atoms with Gasteiger partial charge in [-0.2, -0.15) is 5.10 Å². The van der Waals surface area contributed by atoms with E-state index in [1.807, 2.05) is 30.9 Å². The number of likely N-dealkylation sites (tertiary alicyclic amines) is 1. The first kappa shape index (κ1) is 15.9. The van der Waals surface area contributed by atoms with Crippen molar-refractivity contribution in [2.45, 2.75) is 32.6 Å². The van der Waals surface area contributed by atoms with Crippen LogP contribution in [0.3, 0.4) is 0 Å². The molecule has 2 aromatic rings. The molecule has 0 atom stereocenters. The number of aromatic nitrogens is 3. The van der Waals surface area contributed by atoms with Crippen LogP contribution in [-0.4, -0.2) is 52.3 Å². The molecule has 2 aliphatic heterocycles. The third kappa shape index (κ3) is 3.06. The lowest BCUT2D eigenvalue weighted by Crippen LogP contribution is -2.38. The number of ether oxygens (including phenoxy) is 2. The largest absolute Gasteiger partial charge is 0.486 e. The fourth-order valence-corrected chi connectivity index (χ4v) is 3.47. The number of nitrogens with zero attached hydrogens (tertiary/aromatic N) is 3. The van der Waals surface area contributed by atoms with Gasteiger partial charge in [-0.05, 0) is 44.4 Å². The van der Waals surface area contributed by atoms with Crippen molar-refractivity contribution >= 4 is 5.91 Å². The summed E-state index contributed by atoms with van der Waals surface area (Å²) in [7, 11) is 0. The molecular formula is C18H22N4O3. The van der Waals surface area contributed by atoms with Crippen LogP contribution in [0.15, 0.2) is 12.1 Å². The molecule has 1 N–H and O–H groups in total. The molecule has 1 aromatic heterocycles. The number of piperidine rings is 1. The third-order valence-corrected chi connectivity index (χ3v) is 4.88. The number of carbonyl (C=O) groups is 1. The molecule has 1 fully saturated rings. The lowest BCUT2D eigenvalue weighted by Gasteiger charge is -2.31. The fourth-order valence-electron chi connectivity index (χ4n) is 3.47. The van der Waals surface area contributed by atoms with Crippen molar-refractivity contribution < 1.29 is 14.3 Å². The van der Waals surface area contributed by atoms with Crippen LogP contribution >= 0.6 is 0 Å². The Bertz CT molecular complexity index is 794. The molecule has 7 nitrogen and oxygen atoms in total.